The average Bonchev–Trinajstić information content (AvgIpc) is 3.20. The van der Waals surface area contributed by atoms with E-state index in [0.717, 1.165) is 23.7 Å². The molecule has 0 spiro atoms. The van der Waals surface area contributed by atoms with Crippen LogP contribution in [0.15, 0.2) is 41.0 Å². The van der Waals surface area contributed by atoms with Crippen LogP contribution in [-0.2, 0) is 0 Å². The second-order valence-corrected chi connectivity index (χ2v) is 6.29. The fraction of sp³-hybridized carbons (Fsp3) is 0.389. The summed E-state index contributed by atoms with van der Waals surface area (Å²) in [5.74, 6) is 0.533. The van der Waals surface area contributed by atoms with Gasteiger partial charge in [-0.1, -0.05) is 29.8 Å². The van der Waals surface area contributed by atoms with Gasteiger partial charge in [0.1, 0.15) is 5.76 Å². The standard InChI is InChI=1S/C18H21ClN2O2/c1-13-14(8-11-23-13)18(22)20-12-17(21-9-4-5-10-21)15-6-2-3-7-16(15)19/h2-3,6-8,11,17H,4-5,9-10,12H2,1H3,(H,20,22). The second kappa shape index (κ2) is 7.20. The molecular weight excluding hydrogens is 312 g/mol. The molecule has 0 saturated carbocycles. The molecule has 3 rings (SSSR count). The van der Waals surface area contributed by atoms with Crippen molar-refractivity contribution in [1.82, 2.24) is 10.2 Å². The lowest BCUT2D eigenvalue weighted by atomic mass is 10.1. The smallest absolute Gasteiger partial charge is 0.254 e. The van der Waals surface area contributed by atoms with Crippen LogP contribution in [0.2, 0.25) is 5.02 Å². The number of carbonyl (C=O) groups is 1. The van der Waals surface area contributed by atoms with Crippen molar-refractivity contribution >= 4 is 17.5 Å². The number of nitrogens with zero attached hydrogens (tertiary/aromatic N) is 1. The van der Waals surface area contributed by atoms with Crippen LogP contribution in [0.25, 0.3) is 0 Å². The summed E-state index contributed by atoms with van der Waals surface area (Å²) in [6.07, 6.45) is 3.92. The lowest BCUT2D eigenvalue weighted by Crippen LogP contribution is -2.37. The quantitative estimate of drug-likeness (QED) is 0.905. The first-order valence-corrected chi connectivity index (χ1v) is 8.35. The molecule has 1 atom stereocenters. The predicted molar refractivity (Wildman–Crippen MR) is 90.8 cm³/mol. The van der Waals surface area contributed by atoms with Gasteiger partial charge in [0.05, 0.1) is 17.9 Å². The average molecular weight is 333 g/mol. The Morgan fingerprint density at radius 1 is 1.30 bits per heavy atom. The van der Waals surface area contributed by atoms with Crippen molar-refractivity contribution in [2.45, 2.75) is 25.8 Å². The third-order valence-corrected chi connectivity index (χ3v) is 4.75. The lowest BCUT2D eigenvalue weighted by molar-refractivity contribution is 0.0936. The van der Waals surface area contributed by atoms with E-state index in [-0.39, 0.29) is 11.9 Å². The van der Waals surface area contributed by atoms with E-state index in [1.54, 1.807) is 13.0 Å². The maximum Gasteiger partial charge on any atom is 0.254 e. The molecule has 0 bridgehead atoms. The number of benzene rings is 1. The van der Waals surface area contributed by atoms with Crippen molar-refractivity contribution in [3.63, 3.8) is 0 Å². The van der Waals surface area contributed by atoms with Crippen molar-refractivity contribution in [3.8, 4) is 0 Å². The first-order chi connectivity index (χ1) is 11.2. The van der Waals surface area contributed by atoms with Crippen LogP contribution in [0.5, 0.6) is 0 Å². The van der Waals surface area contributed by atoms with Crippen LogP contribution in [-0.4, -0.2) is 30.4 Å². The summed E-state index contributed by atoms with van der Waals surface area (Å²) in [4.78, 5) is 14.7. The summed E-state index contributed by atoms with van der Waals surface area (Å²) in [6, 6.07) is 9.67. The first-order valence-electron chi connectivity index (χ1n) is 7.97. The van der Waals surface area contributed by atoms with Gasteiger partial charge in [0.15, 0.2) is 0 Å². The van der Waals surface area contributed by atoms with Crippen LogP contribution in [0, 0.1) is 6.92 Å². The van der Waals surface area contributed by atoms with Crippen LogP contribution in [0.1, 0.15) is 40.6 Å². The Balaban J connectivity index is 1.75. The molecule has 1 aromatic carbocycles. The van der Waals surface area contributed by atoms with Gasteiger partial charge in [-0.05, 0) is 50.6 Å². The van der Waals surface area contributed by atoms with Crippen LogP contribution < -0.4 is 5.32 Å². The van der Waals surface area contributed by atoms with E-state index in [1.165, 1.54) is 19.1 Å². The highest BCUT2D eigenvalue weighted by Crippen LogP contribution is 2.29. The maximum absolute atomic E-state index is 12.3. The molecule has 1 N–H and O–H groups in total. The SMILES string of the molecule is Cc1occc1C(=O)NCC(c1ccccc1Cl)N1CCCC1. The van der Waals surface area contributed by atoms with Gasteiger partial charge in [-0.3, -0.25) is 9.69 Å². The highest BCUT2D eigenvalue weighted by Gasteiger charge is 2.26. The molecule has 23 heavy (non-hydrogen) atoms. The largest absolute Gasteiger partial charge is 0.469 e. The van der Waals surface area contributed by atoms with Crippen LogP contribution in [0.4, 0.5) is 0 Å². The Bertz CT molecular complexity index is 677. The van der Waals surface area contributed by atoms with Gasteiger partial charge in [-0.15, -0.1) is 0 Å². The van der Waals surface area contributed by atoms with E-state index in [1.807, 2.05) is 24.3 Å². The molecule has 1 saturated heterocycles. The number of hydrogen-bond donors (Lipinski definition) is 1. The molecule has 2 aromatic rings. The Hall–Kier alpha value is -1.78. The highest BCUT2D eigenvalue weighted by atomic mass is 35.5. The molecule has 1 amide bonds. The molecule has 1 fully saturated rings. The number of amides is 1. The third kappa shape index (κ3) is 3.59. The highest BCUT2D eigenvalue weighted by molar-refractivity contribution is 6.31. The summed E-state index contributed by atoms with van der Waals surface area (Å²) in [7, 11) is 0. The van der Waals surface area contributed by atoms with Crippen molar-refractivity contribution in [3.05, 3.63) is 58.5 Å². The zero-order chi connectivity index (χ0) is 16.2. The van der Waals surface area contributed by atoms with E-state index in [4.69, 9.17) is 16.0 Å². The molecule has 1 aliphatic rings. The van der Waals surface area contributed by atoms with Gasteiger partial charge >= 0.3 is 0 Å². The summed E-state index contributed by atoms with van der Waals surface area (Å²) in [5.41, 5.74) is 1.66. The summed E-state index contributed by atoms with van der Waals surface area (Å²) in [5, 5.41) is 3.78. The molecule has 0 aliphatic carbocycles. The number of halogens is 1. The normalized spacial score (nSPS) is 16.4. The summed E-state index contributed by atoms with van der Waals surface area (Å²) < 4.78 is 5.20. The van der Waals surface area contributed by atoms with E-state index in [2.05, 4.69) is 10.2 Å². The number of nitrogens with one attached hydrogen (secondary N) is 1. The van der Waals surface area contributed by atoms with E-state index >= 15 is 0 Å². The zero-order valence-corrected chi connectivity index (χ0v) is 14.0. The molecule has 1 unspecified atom stereocenters. The minimum atomic E-state index is -0.104. The summed E-state index contributed by atoms with van der Waals surface area (Å²) in [6.45, 7) is 4.40. The van der Waals surface area contributed by atoms with Gasteiger partial charge in [0.25, 0.3) is 5.91 Å². The fourth-order valence-electron chi connectivity index (χ4n) is 3.14. The van der Waals surface area contributed by atoms with Crippen molar-refractivity contribution < 1.29 is 9.21 Å². The number of carbonyl (C=O) groups excluding carboxylic acids is 1. The van der Waals surface area contributed by atoms with E-state index in [9.17, 15) is 4.79 Å². The van der Waals surface area contributed by atoms with Crippen LogP contribution in [0.3, 0.4) is 0 Å². The van der Waals surface area contributed by atoms with Gasteiger partial charge in [0.2, 0.25) is 0 Å². The Labute approximate surface area is 141 Å². The molecule has 2 heterocycles. The Morgan fingerprint density at radius 2 is 2.04 bits per heavy atom. The van der Waals surface area contributed by atoms with Crippen molar-refractivity contribution in [2.24, 2.45) is 0 Å². The number of rotatable bonds is 5. The van der Waals surface area contributed by atoms with Gasteiger partial charge in [0, 0.05) is 11.6 Å². The van der Waals surface area contributed by atoms with E-state index in [0.29, 0.717) is 17.9 Å². The molecule has 1 aromatic heterocycles. The maximum atomic E-state index is 12.3. The number of likely N-dealkylation sites (tertiary alicyclic amines) is 1. The Morgan fingerprint density at radius 3 is 2.70 bits per heavy atom. The molecule has 1 aliphatic heterocycles. The molecular formula is C18H21ClN2O2. The Kier molecular flexibility index (Phi) is 5.03. The molecule has 0 radical (unpaired) electrons. The van der Waals surface area contributed by atoms with Crippen molar-refractivity contribution in [2.75, 3.05) is 19.6 Å². The predicted octanol–water partition coefficient (Wildman–Crippen LogP) is 3.81. The topological polar surface area (TPSA) is 45.5 Å². The van der Waals surface area contributed by atoms with Gasteiger partial charge in [-0.2, -0.15) is 0 Å². The number of aryl methyl sites for hydroxylation is 1. The molecule has 4 nitrogen and oxygen atoms in total. The number of furan rings is 1. The minimum Gasteiger partial charge on any atom is -0.469 e. The van der Waals surface area contributed by atoms with Crippen LogP contribution >= 0.6 is 11.6 Å². The third-order valence-electron chi connectivity index (χ3n) is 4.41. The van der Waals surface area contributed by atoms with Gasteiger partial charge < -0.3 is 9.73 Å². The van der Waals surface area contributed by atoms with E-state index < -0.39 is 0 Å². The summed E-state index contributed by atoms with van der Waals surface area (Å²) >= 11 is 6.38. The molecule has 122 valence electrons. The van der Waals surface area contributed by atoms with Gasteiger partial charge in [-0.25, -0.2) is 0 Å². The first kappa shape index (κ1) is 16.1. The lowest BCUT2D eigenvalue weighted by Gasteiger charge is -2.28. The zero-order valence-electron chi connectivity index (χ0n) is 13.2. The fourth-order valence-corrected chi connectivity index (χ4v) is 3.40. The monoisotopic (exact) mass is 332 g/mol. The minimum absolute atomic E-state index is 0.0994. The number of hydrogen-bond acceptors (Lipinski definition) is 3. The molecule has 5 heteroatoms. The second-order valence-electron chi connectivity index (χ2n) is 5.88. The van der Waals surface area contributed by atoms with Crippen molar-refractivity contribution in [1.29, 1.82) is 0 Å².